The number of hydrogen-bond acceptors (Lipinski definition) is 4. The van der Waals surface area contributed by atoms with Gasteiger partial charge in [-0.25, -0.2) is 8.42 Å². The standard InChI is InChI=1S/C17H19N3O2S/c1-20(14-13-18-19-17-10-6-3-7-11-17)23(21,22)15-12-16-8-4-2-5-9-16/h2-13,15,19H,14H2,1H3/b15-12+,18-13-. The summed E-state index contributed by atoms with van der Waals surface area (Å²) in [6.45, 7) is 0.182. The molecule has 0 aliphatic rings. The zero-order chi connectivity index (χ0) is 16.5. The van der Waals surface area contributed by atoms with E-state index in [1.807, 2.05) is 60.7 Å². The average molecular weight is 329 g/mol. The van der Waals surface area contributed by atoms with E-state index in [1.165, 1.54) is 23.0 Å². The first-order valence-electron chi connectivity index (χ1n) is 7.10. The lowest BCUT2D eigenvalue weighted by Crippen LogP contribution is -2.26. The van der Waals surface area contributed by atoms with E-state index in [9.17, 15) is 8.42 Å². The summed E-state index contributed by atoms with van der Waals surface area (Å²) in [5, 5.41) is 5.20. The molecule has 0 atom stereocenters. The van der Waals surface area contributed by atoms with Crippen LogP contribution in [0.15, 0.2) is 71.2 Å². The summed E-state index contributed by atoms with van der Waals surface area (Å²) in [5.41, 5.74) is 4.52. The topological polar surface area (TPSA) is 61.8 Å². The van der Waals surface area contributed by atoms with Crippen LogP contribution in [0.25, 0.3) is 6.08 Å². The molecule has 5 nitrogen and oxygen atoms in total. The summed E-state index contributed by atoms with van der Waals surface area (Å²) in [5.74, 6) is 0. The van der Waals surface area contributed by atoms with Gasteiger partial charge in [-0.1, -0.05) is 48.5 Å². The van der Waals surface area contributed by atoms with Gasteiger partial charge in [0.1, 0.15) is 0 Å². The number of nitrogens with one attached hydrogen (secondary N) is 1. The lowest BCUT2D eigenvalue weighted by atomic mass is 10.2. The van der Waals surface area contributed by atoms with Gasteiger partial charge >= 0.3 is 0 Å². The van der Waals surface area contributed by atoms with Crippen LogP contribution in [0.3, 0.4) is 0 Å². The summed E-state index contributed by atoms with van der Waals surface area (Å²) in [7, 11) is -1.96. The van der Waals surface area contributed by atoms with Crippen LogP contribution >= 0.6 is 0 Å². The number of hydrazone groups is 1. The van der Waals surface area contributed by atoms with Gasteiger partial charge in [0.2, 0.25) is 10.0 Å². The molecule has 23 heavy (non-hydrogen) atoms. The quantitative estimate of drug-likeness (QED) is 0.627. The predicted molar refractivity (Wildman–Crippen MR) is 95.6 cm³/mol. The van der Waals surface area contributed by atoms with Crippen molar-refractivity contribution in [2.24, 2.45) is 5.10 Å². The number of hydrogen-bond donors (Lipinski definition) is 1. The molecule has 1 N–H and O–H groups in total. The lowest BCUT2D eigenvalue weighted by Gasteiger charge is -2.11. The predicted octanol–water partition coefficient (Wildman–Crippen LogP) is 3.02. The smallest absolute Gasteiger partial charge is 0.236 e. The van der Waals surface area contributed by atoms with Crippen molar-refractivity contribution in [2.75, 3.05) is 19.0 Å². The first-order valence-corrected chi connectivity index (χ1v) is 8.60. The number of benzene rings is 2. The van der Waals surface area contributed by atoms with E-state index in [1.54, 1.807) is 6.08 Å². The Balaban J connectivity index is 1.88. The van der Waals surface area contributed by atoms with Gasteiger partial charge in [0.05, 0.1) is 12.2 Å². The summed E-state index contributed by atoms with van der Waals surface area (Å²) < 4.78 is 25.5. The number of nitrogens with zero attached hydrogens (tertiary/aromatic N) is 2. The molecular formula is C17H19N3O2S. The Morgan fingerprint density at radius 1 is 1.04 bits per heavy atom. The Kier molecular flexibility index (Phi) is 6.08. The van der Waals surface area contributed by atoms with E-state index >= 15 is 0 Å². The van der Waals surface area contributed by atoms with Gasteiger partial charge in [-0.2, -0.15) is 9.41 Å². The van der Waals surface area contributed by atoms with Crippen LogP contribution in [-0.4, -0.2) is 32.5 Å². The molecule has 0 fully saturated rings. The van der Waals surface area contributed by atoms with Gasteiger partial charge < -0.3 is 0 Å². The third-order valence-electron chi connectivity index (χ3n) is 3.06. The highest BCUT2D eigenvalue weighted by molar-refractivity contribution is 7.92. The monoisotopic (exact) mass is 329 g/mol. The van der Waals surface area contributed by atoms with E-state index in [-0.39, 0.29) is 6.54 Å². The molecule has 0 saturated carbocycles. The minimum absolute atomic E-state index is 0.182. The fourth-order valence-electron chi connectivity index (χ4n) is 1.73. The number of para-hydroxylation sites is 1. The average Bonchev–Trinajstić information content (AvgIpc) is 2.58. The molecule has 0 bridgehead atoms. The summed E-state index contributed by atoms with van der Waals surface area (Å²) in [4.78, 5) is 0. The van der Waals surface area contributed by atoms with Gasteiger partial charge in [0.15, 0.2) is 0 Å². The van der Waals surface area contributed by atoms with Gasteiger partial charge in [-0.3, -0.25) is 5.43 Å². The molecule has 2 rings (SSSR count). The summed E-state index contributed by atoms with van der Waals surface area (Å²) in [6.07, 6.45) is 3.09. The molecule has 120 valence electrons. The normalized spacial score (nSPS) is 12.3. The molecule has 0 heterocycles. The van der Waals surface area contributed by atoms with E-state index in [0.717, 1.165) is 11.3 Å². The van der Waals surface area contributed by atoms with Crippen molar-refractivity contribution in [1.29, 1.82) is 0 Å². The van der Waals surface area contributed by atoms with Crippen LogP contribution in [0.5, 0.6) is 0 Å². The second kappa shape index (κ2) is 8.26. The number of sulfonamides is 1. The third kappa shape index (κ3) is 5.69. The van der Waals surface area contributed by atoms with E-state index in [2.05, 4.69) is 10.5 Å². The minimum atomic E-state index is -3.47. The van der Waals surface area contributed by atoms with Gasteiger partial charge in [-0.15, -0.1) is 0 Å². The maximum Gasteiger partial charge on any atom is 0.236 e. The Hall–Kier alpha value is -2.44. The SMILES string of the molecule is CN(C/C=N\Nc1ccccc1)S(=O)(=O)/C=C/c1ccccc1. The summed E-state index contributed by atoms with van der Waals surface area (Å²) >= 11 is 0. The van der Waals surface area contributed by atoms with Gasteiger partial charge in [0, 0.05) is 18.7 Å². The number of rotatable bonds is 7. The molecule has 0 unspecified atom stereocenters. The fraction of sp³-hybridized carbons (Fsp3) is 0.118. The van der Waals surface area contributed by atoms with Crippen molar-refractivity contribution in [1.82, 2.24) is 4.31 Å². The van der Waals surface area contributed by atoms with Crippen molar-refractivity contribution in [2.45, 2.75) is 0 Å². The maximum atomic E-state index is 12.1. The second-order valence-corrected chi connectivity index (χ2v) is 6.75. The first-order chi connectivity index (χ1) is 11.1. The number of anilines is 1. The van der Waals surface area contributed by atoms with Crippen LogP contribution in [0.4, 0.5) is 5.69 Å². The van der Waals surface area contributed by atoms with Crippen molar-refractivity contribution in [3.05, 3.63) is 71.6 Å². The van der Waals surface area contributed by atoms with Crippen molar-refractivity contribution >= 4 is 28.0 Å². The van der Waals surface area contributed by atoms with Gasteiger partial charge in [0.25, 0.3) is 0 Å². The third-order valence-corrected chi connectivity index (χ3v) is 4.56. The molecule has 2 aromatic carbocycles. The lowest BCUT2D eigenvalue weighted by molar-refractivity contribution is 0.517. The second-order valence-electron chi connectivity index (χ2n) is 4.83. The molecule has 0 spiro atoms. The van der Waals surface area contributed by atoms with Crippen LogP contribution in [0.2, 0.25) is 0 Å². The Morgan fingerprint density at radius 2 is 1.65 bits per heavy atom. The zero-order valence-corrected chi connectivity index (χ0v) is 13.6. The van der Waals surface area contributed by atoms with Gasteiger partial charge in [-0.05, 0) is 23.8 Å². The van der Waals surface area contributed by atoms with Crippen LogP contribution in [0.1, 0.15) is 5.56 Å². The molecule has 6 heteroatoms. The minimum Gasteiger partial charge on any atom is -0.279 e. The van der Waals surface area contributed by atoms with Crippen molar-refractivity contribution < 1.29 is 8.42 Å². The Morgan fingerprint density at radius 3 is 2.30 bits per heavy atom. The molecular weight excluding hydrogens is 310 g/mol. The molecule has 0 aromatic heterocycles. The van der Waals surface area contributed by atoms with Crippen LogP contribution < -0.4 is 5.43 Å². The van der Waals surface area contributed by atoms with E-state index < -0.39 is 10.0 Å². The molecule has 0 aliphatic carbocycles. The Bertz CT molecular complexity index is 757. The molecule has 2 aromatic rings. The van der Waals surface area contributed by atoms with Crippen LogP contribution in [-0.2, 0) is 10.0 Å². The van der Waals surface area contributed by atoms with Crippen molar-refractivity contribution in [3.8, 4) is 0 Å². The van der Waals surface area contributed by atoms with E-state index in [4.69, 9.17) is 0 Å². The van der Waals surface area contributed by atoms with E-state index in [0.29, 0.717) is 0 Å². The molecule has 0 aliphatic heterocycles. The molecule has 0 saturated heterocycles. The highest BCUT2D eigenvalue weighted by Crippen LogP contribution is 2.06. The largest absolute Gasteiger partial charge is 0.279 e. The summed E-state index contributed by atoms with van der Waals surface area (Å²) in [6, 6.07) is 18.7. The fourth-order valence-corrected chi connectivity index (χ4v) is 2.54. The zero-order valence-electron chi connectivity index (χ0n) is 12.8. The van der Waals surface area contributed by atoms with Crippen molar-refractivity contribution in [3.63, 3.8) is 0 Å². The van der Waals surface area contributed by atoms with Crippen LogP contribution in [0, 0.1) is 0 Å². The first kappa shape index (κ1) is 16.9. The Labute approximate surface area is 137 Å². The maximum absolute atomic E-state index is 12.1. The molecule has 0 radical (unpaired) electrons. The molecule has 0 amide bonds. The highest BCUT2D eigenvalue weighted by Gasteiger charge is 2.12. The highest BCUT2D eigenvalue weighted by atomic mass is 32.2.